The van der Waals surface area contributed by atoms with Crippen LogP contribution in [0.1, 0.15) is 24.4 Å². The number of nitrogens with zero attached hydrogens (tertiary/aromatic N) is 4. The van der Waals surface area contributed by atoms with Crippen molar-refractivity contribution >= 4 is 10.8 Å². The molecule has 0 radical (unpaired) electrons. The molecule has 2 aromatic carbocycles. The van der Waals surface area contributed by atoms with E-state index in [9.17, 15) is 5.11 Å². The summed E-state index contributed by atoms with van der Waals surface area (Å²) >= 11 is 0. The second-order valence-electron chi connectivity index (χ2n) is 6.95. The van der Waals surface area contributed by atoms with E-state index >= 15 is 0 Å². The molecule has 25 heavy (non-hydrogen) atoms. The molecule has 130 valence electrons. The SMILES string of the molecule is OC(Cc1ccc2ccccc2c1)CN1CCC(n2cncn2)CC1. The normalized spacial score (nSPS) is 17.8. The molecule has 1 aliphatic rings. The van der Waals surface area contributed by atoms with Crippen LogP contribution in [0.25, 0.3) is 10.8 Å². The summed E-state index contributed by atoms with van der Waals surface area (Å²) in [4.78, 5) is 6.39. The van der Waals surface area contributed by atoms with Gasteiger partial charge >= 0.3 is 0 Å². The van der Waals surface area contributed by atoms with E-state index < -0.39 is 0 Å². The second kappa shape index (κ2) is 7.33. The molecule has 2 heterocycles. The first-order valence-electron chi connectivity index (χ1n) is 9.00. The highest BCUT2D eigenvalue weighted by Gasteiger charge is 2.22. The summed E-state index contributed by atoms with van der Waals surface area (Å²) < 4.78 is 1.96. The monoisotopic (exact) mass is 336 g/mol. The van der Waals surface area contributed by atoms with Gasteiger partial charge in [0.2, 0.25) is 0 Å². The first kappa shape index (κ1) is 16.2. The minimum Gasteiger partial charge on any atom is -0.391 e. The smallest absolute Gasteiger partial charge is 0.137 e. The third-order valence-electron chi connectivity index (χ3n) is 5.12. The molecule has 0 bridgehead atoms. The zero-order chi connectivity index (χ0) is 17.1. The average molecular weight is 336 g/mol. The maximum Gasteiger partial charge on any atom is 0.137 e. The predicted molar refractivity (Wildman–Crippen MR) is 98.4 cm³/mol. The Morgan fingerprint density at radius 3 is 2.64 bits per heavy atom. The Morgan fingerprint density at radius 1 is 1.08 bits per heavy atom. The van der Waals surface area contributed by atoms with Gasteiger partial charge in [0.1, 0.15) is 12.7 Å². The number of β-amino-alcohol motifs (C(OH)–C–C–N with tert-alkyl or cyclic N) is 1. The Labute approximate surface area is 147 Å². The number of hydrogen-bond donors (Lipinski definition) is 1. The summed E-state index contributed by atoms with van der Waals surface area (Å²) in [7, 11) is 0. The Balaban J connectivity index is 1.30. The number of hydrogen-bond acceptors (Lipinski definition) is 4. The highest BCUT2D eigenvalue weighted by Crippen LogP contribution is 2.22. The van der Waals surface area contributed by atoms with Gasteiger partial charge in [-0.05, 0) is 35.6 Å². The lowest BCUT2D eigenvalue weighted by Gasteiger charge is -2.33. The topological polar surface area (TPSA) is 54.2 Å². The lowest BCUT2D eigenvalue weighted by molar-refractivity contribution is 0.0890. The van der Waals surface area contributed by atoms with Gasteiger partial charge in [-0.1, -0.05) is 42.5 Å². The number of piperidine rings is 1. The van der Waals surface area contributed by atoms with Crippen LogP contribution >= 0.6 is 0 Å². The van der Waals surface area contributed by atoms with E-state index in [1.165, 1.54) is 16.3 Å². The molecule has 0 aliphatic carbocycles. The Bertz CT molecular complexity index is 809. The Morgan fingerprint density at radius 2 is 1.88 bits per heavy atom. The molecule has 1 saturated heterocycles. The molecule has 1 aliphatic heterocycles. The van der Waals surface area contributed by atoms with Crippen LogP contribution in [0.15, 0.2) is 55.1 Å². The van der Waals surface area contributed by atoms with Crippen LogP contribution in [0.3, 0.4) is 0 Å². The van der Waals surface area contributed by atoms with Crippen molar-refractivity contribution in [3.63, 3.8) is 0 Å². The largest absolute Gasteiger partial charge is 0.391 e. The van der Waals surface area contributed by atoms with Crippen molar-refractivity contribution in [2.45, 2.75) is 31.4 Å². The van der Waals surface area contributed by atoms with Crippen LogP contribution in [0.5, 0.6) is 0 Å². The molecule has 0 spiro atoms. The van der Waals surface area contributed by atoms with E-state index in [1.54, 1.807) is 12.7 Å². The van der Waals surface area contributed by atoms with E-state index in [2.05, 4.69) is 57.4 Å². The standard InChI is InChI=1S/C20H24N4O/c25-20(12-16-5-6-17-3-1-2-4-18(17)11-16)13-23-9-7-19(8-10-23)24-15-21-14-22-24/h1-6,11,14-15,19-20,25H,7-10,12-13H2. The van der Waals surface area contributed by atoms with Crippen molar-refractivity contribution in [2.24, 2.45) is 0 Å². The van der Waals surface area contributed by atoms with E-state index in [4.69, 9.17) is 0 Å². The third kappa shape index (κ3) is 3.89. The van der Waals surface area contributed by atoms with Crippen molar-refractivity contribution < 1.29 is 5.11 Å². The molecule has 0 amide bonds. The van der Waals surface area contributed by atoms with Gasteiger partial charge in [-0.15, -0.1) is 0 Å². The van der Waals surface area contributed by atoms with Crippen molar-refractivity contribution in [3.05, 3.63) is 60.7 Å². The Hall–Kier alpha value is -2.24. The van der Waals surface area contributed by atoms with Crippen molar-refractivity contribution in [2.75, 3.05) is 19.6 Å². The minimum absolute atomic E-state index is 0.330. The fraction of sp³-hybridized carbons (Fsp3) is 0.400. The first-order valence-corrected chi connectivity index (χ1v) is 9.00. The van der Waals surface area contributed by atoms with Gasteiger partial charge in [-0.2, -0.15) is 5.10 Å². The number of likely N-dealkylation sites (tertiary alicyclic amines) is 1. The molecule has 5 nitrogen and oxygen atoms in total. The van der Waals surface area contributed by atoms with E-state index in [1.807, 2.05) is 4.68 Å². The quantitative estimate of drug-likeness (QED) is 0.778. The van der Waals surface area contributed by atoms with Gasteiger partial charge in [0, 0.05) is 19.6 Å². The number of aliphatic hydroxyl groups excluding tert-OH is 1. The van der Waals surface area contributed by atoms with Gasteiger partial charge in [0.05, 0.1) is 12.1 Å². The fourth-order valence-electron chi connectivity index (χ4n) is 3.77. The van der Waals surface area contributed by atoms with E-state index in [0.29, 0.717) is 12.5 Å². The number of fused-ring (bicyclic) bond motifs is 1. The Kier molecular flexibility index (Phi) is 4.76. The maximum atomic E-state index is 10.5. The first-order chi connectivity index (χ1) is 12.3. The average Bonchev–Trinajstić information content (AvgIpc) is 3.17. The lowest BCUT2D eigenvalue weighted by Crippen LogP contribution is -2.40. The molecule has 4 rings (SSSR count). The van der Waals surface area contributed by atoms with Crippen LogP contribution in [-0.2, 0) is 6.42 Å². The van der Waals surface area contributed by atoms with Crippen LogP contribution < -0.4 is 0 Å². The molecular formula is C20H24N4O. The van der Waals surface area contributed by atoms with Gasteiger partial charge in [-0.25, -0.2) is 9.67 Å². The molecule has 1 N–H and O–H groups in total. The van der Waals surface area contributed by atoms with E-state index in [-0.39, 0.29) is 6.10 Å². The van der Waals surface area contributed by atoms with Crippen LogP contribution in [-0.4, -0.2) is 50.5 Å². The number of aliphatic hydroxyl groups is 1. The zero-order valence-corrected chi connectivity index (χ0v) is 14.3. The molecule has 1 unspecified atom stereocenters. The molecule has 1 atom stereocenters. The molecule has 5 heteroatoms. The third-order valence-corrected chi connectivity index (χ3v) is 5.12. The lowest BCUT2D eigenvalue weighted by atomic mass is 10.0. The summed E-state index contributed by atoms with van der Waals surface area (Å²) in [6.45, 7) is 2.73. The number of rotatable bonds is 5. The summed E-state index contributed by atoms with van der Waals surface area (Å²) in [5, 5.41) is 17.2. The van der Waals surface area contributed by atoms with Gasteiger partial charge < -0.3 is 10.0 Å². The summed E-state index contributed by atoms with van der Waals surface area (Å²) in [6, 6.07) is 15.3. The molecular weight excluding hydrogens is 312 g/mol. The van der Waals surface area contributed by atoms with Crippen LogP contribution in [0.4, 0.5) is 0 Å². The van der Waals surface area contributed by atoms with Gasteiger partial charge in [0.15, 0.2) is 0 Å². The summed E-state index contributed by atoms with van der Waals surface area (Å²) in [5.74, 6) is 0. The fourth-order valence-corrected chi connectivity index (χ4v) is 3.77. The molecule has 0 saturated carbocycles. The highest BCUT2D eigenvalue weighted by molar-refractivity contribution is 5.82. The van der Waals surface area contributed by atoms with Crippen molar-refractivity contribution in [1.82, 2.24) is 19.7 Å². The van der Waals surface area contributed by atoms with Crippen LogP contribution in [0, 0.1) is 0 Å². The number of aromatic nitrogens is 3. The van der Waals surface area contributed by atoms with Crippen molar-refractivity contribution in [3.8, 4) is 0 Å². The van der Waals surface area contributed by atoms with Gasteiger partial charge in [-0.3, -0.25) is 0 Å². The summed E-state index contributed by atoms with van der Waals surface area (Å²) in [6.07, 6.45) is 5.89. The second-order valence-corrected chi connectivity index (χ2v) is 6.95. The van der Waals surface area contributed by atoms with Crippen LogP contribution in [0.2, 0.25) is 0 Å². The minimum atomic E-state index is -0.330. The maximum absolute atomic E-state index is 10.5. The predicted octanol–water partition coefficient (Wildman–Crippen LogP) is 2.67. The molecule has 3 aromatic rings. The summed E-state index contributed by atoms with van der Waals surface area (Å²) in [5.41, 5.74) is 1.20. The van der Waals surface area contributed by atoms with E-state index in [0.717, 1.165) is 32.5 Å². The number of benzene rings is 2. The molecule has 1 fully saturated rings. The highest BCUT2D eigenvalue weighted by atomic mass is 16.3. The van der Waals surface area contributed by atoms with Gasteiger partial charge in [0.25, 0.3) is 0 Å². The zero-order valence-electron chi connectivity index (χ0n) is 14.3. The van der Waals surface area contributed by atoms with Crippen molar-refractivity contribution in [1.29, 1.82) is 0 Å². The molecule has 1 aromatic heterocycles.